The van der Waals surface area contributed by atoms with Gasteiger partial charge in [0.1, 0.15) is 11.6 Å². The summed E-state index contributed by atoms with van der Waals surface area (Å²) in [4.78, 5) is 12.5. The van der Waals surface area contributed by atoms with E-state index in [9.17, 15) is 10.1 Å². The predicted molar refractivity (Wildman–Crippen MR) is 107 cm³/mol. The fourth-order valence-corrected chi connectivity index (χ4v) is 2.69. The maximum Gasteiger partial charge on any atom is 0.267 e. The van der Waals surface area contributed by atoms with Crippen LogP contribution in [0.3, 0.4) is 0 Å². The molecule has 1 amide bonds. The molecular weight excluding hydrogens is 348 g/mol. The summed E-state index contributed by atoms with van der Waals surface area (Å²) in [7, 11) is 0. The Hall–Kier alpha value is -2.97. The fourth-order valence-electron chi connectivity index (χ4n) is 2.51. The van der Waals surface area contributed by atoms with Gasteiger partial charge in [-0.15, -0.1) is 0 Å². The first-order valence-corrected chi connectivity index (χ1v) is 8.71. The van der Waals surface area contributed by atoms with E-state index in [4.69, 9.17) is 17.3 Å². The van der Waals surface area contributed by atoms with Crippen LogP contribution < -0.4 is 16.4 Å². The number of aryl methyl sites for hydroxylation is 2. The lowest BCUT2D eigenvalue weighted by Gasteiger charge is -2.14. The van der Waals surface area contributed by atoms with Crippen molar-refractivity contribution in [3.8, 4) is 6.07 Å². The van der Waals surface area contributed by atoms with E-state index in [0.29, 0.717) is 16.4 Å². The van der Waals surface area contributed by atoms with Gasteiger partial charge in [-0.2, -0.15) is 5.26 Å². The second-order valence-corrected chi connectivity index (χ2v) is 6.07. The van der Waals surface area contributed by atoms with Crippen LogP contribution in [0.5, 0.6) is 0 Å². The lowest BCUT2D eigenvalue weighted by Crippen LogP contribution is -2.17. The van der Waals surface area contributed by atoms with Crippen LogP contribution in [0.1, 0.15) is 25.0 Å². The molecule has 26 heavy (non-hydrogen) atoms. The van der Waals surface area contributed by atoms with Crippen LogP contribution in [-0.4, -0.2) is 5.91 Å². The summed E-state index contributed by atoms with van der Waals surface area (Å²) >= 11 is 5.97. The summed E-state index contributed by atoms with van der Waals surface area (Å²) in [5, 5.41) is 15.5. The largest absolute Gasteiger partial charge is 0.398 e. The topological polar surface area (TPSA) is 90.9 Å². The predicted octanol–water partition coefficient (Wildman–Crippen LogP) is 4.51. The van der Waals surface area contributed by atoms with Crippen molar-refractivity contribution in [2.75, 3.05) is 16.4 Å². The molecular formula is C20H21ClN4O. The van der Waals surface area contributed by atoms with E-state index >= 15 is 0 Å². The molecule has 0 spiro atoms. The van der Waals surface area contributed by atoms with Crippen molar-refractivity contribution >= 4 is 34.6 Å². The summed E-state index contributed by atoms with van der Waals surface area (Å²) in [6, 6.07) is 12.8. The van der Waals surface area contributed by atoms with Gasteiger partial charge in [0.25, 0.3) is 5.91 Å². The average molecular weight is 369 g/mol. The maximum atomic E-state index is 12.5. The number of halogens is 1. The lowest BCUT2D eigenvalue weighted by molar-refractivity contribution is -0.112. The van der Waals surface area contributed by atoms with Crippen molar-refractivity contribution in [3.63, 3.8) is 0 Å². The van der Waals surface area contributed by atoms with Crippen molar-refractivity contribution in [2.24, 2.45) is 0 Å². The number of nitrogens with two attached hydrogens (primary N) is 1. The summed E-state index contributed by atoms with van der Waals surface area (Å²) in [5.74, 6) is -0.461. The van der Waals surface area contributed by atoms with Gasteiger partial charge in [0.2, 0.25) is 0 Å². The molecule has 2 aromatic rings. The first-order chi connectivity index (χ1) is 12.5. The zero-order chi connectivity index (χ0) is 19.1. The minimum atomic E-state index is -0.461. The molecule has 0 saturated carbocycles. The first kappa shape index (κ1) is 19.4. The van der Waals surface area contributed by atoms with Crippen molar-refractivity contribution < 1.29 is 4.79 Å². The number of benzene rings is 2. The number of nitrogen functional groups attached to an aromatic ring is 1. The maximum absolute atomic E-state index is 12.5. The molecule has 0 aliphatic rings. The quantitative estimate of drug-likeness (QED) is 0.397. The van der Waals surface area contributed by atoms with Gasteiger partial charge in [-0.1, -0.05) is 43.6 Å². The normalized spacial score (nSPS) is 10.9. The minimum absolute atomic E-state index is 0.0362. The number of carbonyl (C=O) groups is 1. The summed E-state index contributed by atoms with van der Waals surface area (Å²) in [5.41, 5.74) is 9.57. The van der Waals surface area contributed by atoms with Crippen LogP contribution in [0.2, 0.25) is 5.02 Å². The highest BCUT2D eigenvalue weighted by Crippen LogP contribution is 2.24. The highest BCUT2D eigenvalue weighted by molar-refractivity contribution is 6.33. The Balaban J connectivity index is 2.21. The molecule has 134 valence electrons. The minimum Gasteiger partial charge on any atom is -0.398 e. The molecule has 0 saturated heterocycles. The van der Waals surface area contributed by atoms with E-state index in [0.717, 1.165) is 29.7 Å². The molecule has 0 aliphatic heterocycles. The van der Waals surface area contributed by atoms with Gasteiger partial charge in [-0.25, -0.2) is 0 Å². The van der Waals surface area contributed by atoms with Gasteiger partial charge < -0.3 is 16.4 Å². The summed E-state index contributed by atoms with van der Waals surface area (Å²) in [6.45, 7) is 4.05. The van der Waals surface area contributed by atoms with E-state index in [1.165, 1.54) is 6.20 Å². The van der Waals surface area contributed by atoms with Crippen LogP contribution in [0.25, 0.3) is 0 Å². The molecule has 6 heteroatoms. The Labute approximate surface area is 158 Å². The number of nitrogens with zero attached hydrogens (tertiary/aromatic N) is 1. The van der Waals surface area contributed by atoms with Crippen molar-refractivity contribution in [2.45, 2.75) is 26.7 Å². The smallest absolute Gasteiger partial charge is 0.267 e. The number of anilines is 3. The van der Waals surface area contributed by atoms with Crippen molar-refractivity contribution in [3.05, 3.63) is 64.3 Å². The Bertz CT molecular complexity index is 862. The second kappa shape index (κ2) is 8.93. The van der Waals surface area contributed by atoms with Gasteiger partial charge >= 0.3 is 0 Å². The average Bonchev–Trinajstić information content (AvgIpc) is 2.65. The standard InChI is InChI=1S/C20H21ClN4O/c1-3-13-6-5-7-14(4-2)19(13)25-20(26)15(11-22)12-24-16-8-9-18(23)17(21)10-16/h5-10,12,24H,3-4,23H2,1-2H3,(H,25,26)/b15-12-. The number of rotatable bonds is 6. The second-order valence-electron chi connectivity index (χ2n) is 5.66. The number of nitrogens with one attached hydrogen (secondary N) is 2. The Morgan fingerprint density at radius 1 is 1.23 bits per heavy atom. The van der Waals surface area contributed by atoms with Gasteiger partial charge in [-0.3, -0.25) is 4.79 Å². The molecule has 0 fully saturated rings. The van der Waals surface area contributed by atoms with Gasteiger partial charge in [0, 0.05) is 17.6 Å². The zero-order valence-corrected chi connectivity index (χ0v) is 15.5. The SMILES string of the molecule is CCc1cccc(CC)c1NC(=O)/C(C#N)=C\Nc1ccc(N)c(Cl)c1. The van der Waals surface area contributed by atoms with Crippen LogP contribution >= 0.6 is 11.6 Å². The van der Waals surface area contributed by atoms with Crippen molar-refractivity contribution in [1.82, 2.24) is 0 Å². The van der Waals surface area contributed by atoms with Crippen LogP contribution in [0, 0.1) is 11.3 Å². The zero-order valence-electron chi connectivity index (χ0n) is 14.8. The summed E-state index contributed by atoms with van der Waals surface area (Å²) < 4.78 is 0. The number of nitriles is 1. The highest BCUT2D eigenvalue weighted by Gasteiger charge is 2.14. The Kier molecular flexibility index (Phi) is 6.65. The third-order valence-electron chi connectivity index (χ3n) is 3.99. The van der Waals surface area contributed by atoms with Crippen molar-refractivity contribution in [1.29, 1.82) is 5.26 Å². The van der Waals surface area contributed by atoms with Gasteiger partial charge in [-0.05, 0) is 42.2 Å². The van der Waals surface area contributed by atoms with Crippen LogP contribution in [-0.2, 0) is 17.6 Å². The Morgan fingerprint density at radius 3 is 2.42 bits per heavy atom. The molecule has 0 unspecified atom stereocenters. The molecule has 0 aromatic heterocycles. The molecule has 0 bridgehead atoms. The number of hydrogen-bond donors (Lipinski definition) is 3. The third-order valence-corrected chi connectivity index (χ3v) is 4.31. The molecule has 0 heterocycles. The number of amides is 1. The van der Waals surface area contributed by atoms with Crippen LogP contribution in [0.15, 0.2) is 48.2 Å². The lowest BCUT2D eigenvalue weighted by atomic mass is 10.0. The molecule has 0 atom stereocenters. The molecule has 0 aliphatic carbocycles. The number of carbonyl (C=O) groups excluding carboxylic acids is 1. The first-order valence-electron chi connectivity index (χ1n) is 8.34. The third kappa shape index (κ3) is 4.56. The number of para-hydroxylation sites is 1. The molecule has 0 radical (unpaired) electrons. The fraction of sp³-hybridized carbons (Fsp3) is 0.200. The van der Waals surface area contributed by atoms with E-state index in [1.807, 2.05) is 38.1 Å². The monoisotopic (exact) mass is 368 g/mol. The van der Waals surface area contributed by atoms with E-state index in [-0.39, 0.29) is 5.57 Å². The molecule has 2 aromatic carbocycles. The van der Waals surface area contributed by atoms with E-state index in [2.05, 4.69) is 10.6 Å². The molecule has 2 rings (SSSR count). The molecule has 5 nitrogen and oxygen atoms in total. The Morgan fingerprint density at radius 2 is 1.88 bits per heavy atom. The number of hydrogen-bond acceptors (Lipinski definition) is 4. The van der Waals surface area contributed by atoms with Gasteiger partial charge in [0.05, 0.1) is 10.7 Å². The van der Waals surface area contributed by atoms with E-state index in [1.54, 1.807) is 18.2 Å². The van der Waals surface area contributed by atoms with Gasteiger partial charge in [0.15, 0.2) is 0 Å². The summed E-state index contributed by atoms with van der Waals surface area (Å²) in [6.07, 6.45) is 2.94. The highest BCUT2D eigenvalue weighted by atomic mass is 35.5. The molecule has 4 N–H and O–H groups in total. The van der Waals surface area contributed by atoms with E-state index < -0.39 is 5.91 Å². The van der Waals surface area contributed by atoms with Crippen LogP contribution in [0.4, 0.5) is 17.1 Å².